The second-order valence-electron chi connectivity index (χ2n) is 10.3. The summed E-state index contributed by atoms with van der Waals surface area (Å²) in [6, 6.07) is 12.6. The molecule has 1 N–H and O–H groups in total. The molecule has 6 rings (SSSR count). The number of likely N-dealkylation sites (tertiary alicyclic amines) is 1. The topological polar surface area (TPSA) is 112 Å². The van der Waals surface area contributed by atoms with Gasteiger partial charge in [-0.1, -0.05) is 19.4 Å². The maximum atomic E-state index is 14.1. The largest absolute Gasteiger partial charge is 0.340 e. The highest BCUT2D eigenvalue weighted by molar-refractivity contribution is 7.86. The van der Waals surface area contributed by atoms with E-state index in [2.05, 4.69) is 32.4 Å². The molecular weight excluding hydrogens is 517 g/mol. The molecule has 2 aromatic carbocycles. The number of halogens is 1. The first-order chi connectivity index (χ1) is 18.7. The molecule has 1 aliphatic heterocycles. The quantitative estimate of drug-likeness (QED) is 0.300. The standard InChI is InChI=1S/C29H26FN5O3S/c1-3-4-5-18-10-24-26(11-23(18)19-9-21(14-32-13-19)39(30,37)38)35(20-15-34(2)16-20)29-27(28(24)36)22-7-6-17(12-31)8-25(22)33-29/h6-11,13-14,20,33H,3-5,15-16H2,1-2H3. The number of aromatic nitrogens is 3. The average Bonchev–Trinajstić information content (AvgIpc) is 3.28. The molecule has 0 atom stereocenters. The molecule has 8 nitrogen and oxygen atoms in total. The zero-order valence-corrected chi connectivity index (χ0v) is 22.3. The van der Waals surface area contributed by atoms with Crippen molar-refractivity contribution >= 4 is 43.1 Å². The van der Waals surface area contributed by atoms with E-state index in [4.69, 9.17) is 0 Å². The molecule has 0 saturated carbocycles. The van der Waals surface area contributed by atoms with Crippen molar-refractivity contribution in [2.45, 2.75) is 37.1 Å². The Balaban J connectivity index is 1.72. The zero-order valence-electron chi connectivity index (χ0n) is 21.5. The molecule has 1 saturated heterocycles. The van der Waals surface area contributed by atoms with Crippen LogP contribution in [0.3, 0.4) is 0 Å². The van der Waals surface area contributed by atoms with E-state index in [9.17, 15) is 22.4 Å². The minimum absolute atomic E-state index is 0.0918. The molecule has 0 amide bonds. The van der Waals surface area contributed by atoms with E-state index in [0.29, 0.717) is 39.5 Å². The third kappa shape index (κ3) is 4.18. The van der Waals surface area contributed by atoms with Gasteiger partial charge in [-0.15, -0.1) is 3.89 Å². The van der Waals surface area contributed by atoms with Gasteiger partial charge in [-0.05, 0) is 61.3 Å². The number of unbranched alkanes of at least 4 members (excludes halogenated alkanes) is 1. The van der Waals surface area contributed by atoms with Crippen LogP contribution in [0, 0.1) is 11.3 Å². The summed E-state index contributed by atoms with van der Waals surface area (Å²) < 4.78 is 39.3. The van der Waals surface area contributed by atoms with E-state index in [-0.39, 0.29) is 11.5 Å². The Morgan fingerprint density at radius 1 is 1.15 bits per heavy atom. The van der Waals surface area contributed by atoms with Crippen LogP contribution in [0.25, 0.3) is 44.0 Å². The first kappa shape index (κ1) is 25.2. The summed E-state index contributed by atoms with van der Waals surface area (Å²) in [4.78, 5) is 23.2. The number of hydrogen-bond acceptors (Lipinski definition) is 6. The van der Waals surface area contributed by atoms with Crippen LogP contribution < -0.4 is 5.43 Å². The van der Waals surface area contributed by atoms with Gasteiger partial charge in [0.1, 0.15) is 10.5 Å². The highest BCUT2D eigenvalue weighted by Gasteiger charge is 2.29. The maximum absolute atomic E-state index is 14.1. The summed E-state index contributed by atoms with van der Waals surface area (Å²) in [5.41, 5.74) is 4.57. The lowest BCUT2D eigenvalue weighted by molar-refractivity contribution is 0.146. The fourth-order valence-electron chi connectivity index (χ4n) is 5.68. The maximum Gasteiger partial charge on any atom is 0.333 e. The number of nitrogens with zero attached hydrogens (tertiary/aromatic N) is 4. The lowest BCUT2D eigenvalue weighted by Crippen LogP contribution is -2.45. The molecule has 0 aliphatic carbocycles. The number of benzene rings is 2. The van der Waals surface area contributed by atoms with Crippen LogP contribution in [0.5, 0.6) is 0 Å². The molecule has 1 fully saturated rings. The van der Waals surface area contributed by atoms with Crippen molar-refractivity contribution in [3.8, 4) is 17.2 Å². The van der Waals surface area contributed by atoms with Crippen molar-refractivity contribution < 1.29 is 12.3 Å². The molecule has 0 unspecified atom stereocenters. The minimum atomic E-state index is -4.94. The van der Waals surface area contributed by atoms with Crippen LogP contribution in [-0.4, -0.2) is 48.0 Å². The van der Waals surface area contributed by atoms with Gasteiger partial charge in [0.25, 0.3) is 0 Å². The highest BCUT2D eigenvalue weighted by Crippen LogP contribution is 2.36. The number of hydrogen-bond donors (Lipinski definition) is 1. The van der Waals surface area contributed by atoms with Crippen molar-refractivity contribution in [1.29, 1.82) is 5.26 Å². The second kappa shape index (κ2) is 9.29. The van der Waals surface area contributed by atoms with Gasteiger partial charge in [-0.2, -0.15) is 13.7 Å². The fourth-order valence-corrected chi connectivity index (χ4v) is 6.14. The van der Waals surface area contributed by atoms with Crippen LogP contribution in [0.4, 0.5) is 3.89 Å². The minimum Gasteiger partial charge on any atom is -0.340 e. The summed E-state index contributed by atoms with van der Waals surface area (Å²) in [6.45, 7) is 3.65. The van der Waals surface area contributed by atoms with Gasteiger partial charge < -0.3 is 14.5 Å². The predicted octanol–water partition coefficient (Wildman–Crippen LogP) is 5.06. The molecule has 0 bridgehead atoms. The van der Waals surface area contributed by atoms with Crippen LogP contribution in [0.15, 0.2) is 58.5 Å². The molecule has 10 heteroatoms. The van der Waals surface area contributed by atoms with Gasteiger partial charge in [0.15, 0.2) is 5.43 Å². The first-order valence-electron chi connectivity index (χ1n) is 12.8. The SMILES string of the molecule is CCCCc1cc2c(=O)c3c4ccc(C#N)cc4[nH]c3n(C3CN(C)C3)c2cc1-c1cncc(S(=O)(=O)F)c1. The number of fused-ring (bicyclic) bond motifs is 4. The van der Waals surface area contributed by atoms with Crippen molar-refractivity contribution in [1.82, 2.24) is 19.4 Å². The van der Waals surface area contributed by atoms with Crippen molar-refractivity contribution in [2.24, 2.45) is 0 Å². The van der Waals surface area contributed by atoms with Gasteiger partial charge in [0.05, 0.1) is 28.6 Å². The van der Waals surface area contributed by atoms with Gasteiger partial charge in [-0.25, -0.2) is 0 Å². The molecule has 0 radical (unpaired) electrons. The Hall–Kier alpha value is -4.07. The molecule has 4 heterocycles. The van der Waals surface area contributed by atoms with E-state index in [1.165, 1.54) is 12.3 Å². The smallest absolute Gasteiger partial charge is 0.333 e. The Kier molecular flexibility index (Phi) is 6.01. The van der Waals surface area contributed by atoms with Crippen LogP contribution >= 0.6 is 0 Å². The summed E-state index contributed by atoms with van der Waals surface area (Å²) in [7, 11) is -2.90. The van der Waals surface area contributed by atoms with Crippen molar-refractivity contribution in [3.05, 3.63) is 70.1 Å². The monoisotopic (exact) mass is 543 g/mol. The fraction of sp³-hybridized carbons (Fsp3) is 0.276. The van der Waals surface area contributed by atoms with Gasteiger partial charge in [-0.3, -0.25) is 9.78 Å². The molecule has 5 aromatic rings. The number of rotatable bonds is 6. The Morgan fingerprint density at radius 2 is 1.95 bits per heavy atom. The lowest BCUT2D eigenvalue weighted by atomic mass is 9.93. The van der Waals surface area contributed by atoms with E-state index in [1.807, 2.05) is 25.2 Å². The number of aromatic amines is 1. The summed E-state index contributed by atoms with van der Waals surface area (Å²) in [6.07, 6.45) is 4.97. The van der Waals surface area contributed by atoms with Gasteiger partial charge >= 0.3 is 10.2 Å². The Labute approximate surface area is 224 Å². The molecule has 39 heavy (non-hydrogen) atoms. The van der Waals surface area contributed by atoms with Crippen LogP contribution in [0.2, 0.25) is 0 Å². The highest BCUT2D eigenvalue weighted by atomic mass is 32.3. The second-order valence-corrected chi connectivity index (χ2v) is 11.6. The summed E-state index contributed by atoms with van der Waals surface area (Å²) in [5.74, 6) is 0. The van der Waals surface area contributed by atoms with Crippen molar-refractivity contribution in [3.63, 3.8) is 0 Å². The van der Waals surface area contributed by atoms with E-state index in [0.717, 1.165) is 54.2 Å². The average molecular weight is 544 g/mol. The van der Waals surface area contributed by atoms with Gasteiger partial charge in [0.2, 0.25) is 0 Å². The Morgan fingerprint density at radius 3 is 2.64 bits per heavy atom. The summed E-state index contributed by atoms with van der Waals surface area (Å²) in [5, 5.41) is 11.3. The molecule has 3 aromatic heterocycles. The number of pyridine rings is 2. The number of nitrogens with one attached hydrogen (secondary N) is 1. The number of H-pyrrole nitrogens is 1. The third-order valence-electron chi connectivity index (χ3n) is 7.62. The first-order valence-corrected chi connectivity index (χ1v) is 14.2. The van der Waals surface area contributed by atoms with Crippen LogP contribution in [-0.2, 0) is 16.6 Å². The lowest BCUT2D eigenvalue weighted by Gasteiger charge is -2.39. The number of nitriles is 1. The number of likely N-dealkylation sites (N-methyl/N-ethyl adjacent to an activating group) is 1. The number of aryl methyl sites for hydroxylation is 1. The predicted molar refractivity (Wildman–Crippen MR) is 149 cm³/mol. The molecule has 1 aliphatic rings. The van der Waals surface area contributed by atoms with E-state index >= 15 is 0 Å². The van der Waals surface area contributed by atoms with Crippen molar-refractivity contribution in [2.75, 3.05) is 20.1 Å². The zero-order chi connectivity index (χ0) is 27.5. The normalized spacial score (nSPS) is 14.7. The molecule has 198 valence electrons. The van der Waals surface area contributed by atoms with E-state index < -0.39 is 15.1 Å². The van der Waals surface area contributed by atoms with Gasteiger partial charge in [0, 0.05) is 47.3 Å². The van der Waals surface area contributed by atoms with E-state index in [1.54, 1.807) is 12.1 Å². The Bertz CT molecular complexity index is 2000. The van der Waals surface area contributed by atoms with Crippen LogP contribution in [0.1, 0.15) is 36.9 Å². The third-order valence-corrected chi connectivity index (χ3v) is 8.40. The molecule has 0 spiro atoms. The summed E-state index contributed by atoms with van der Waals surface area (Å²) >= 11 is 0. The molecular formula is C29H26FN5O3S.